The molecule has 0 aliphatic heterocycles. The highest BCUT2D eigenvalue weighted by atomic mass is 16.5. The summed E-state index contributed by atoms with van der Waals surface area (Å²) in [6.07, 6.45) is 1.77. The Hall–Kier alpha value is -1.06. The van der Waals surface area contributed by atoms with E-state index in [0.29, 0.717) is 6.42 Å². The summed E-state index contributed by atoms with van der Waals surface area (Å²) >= 11 is 0. The lowest BCUT2D eigenvalue weighted by Gasteiger charge is -2.31. The smallest absolute Gasteiger partial charge is 0.119 e. The first-order valence-electron chi connectivity index (χ1n) is 6.16. The molecule has 1 aromatic rings. The summed E-state index contributed by atoms with van der Waals surface area (Å²) < 4.78 is 5.24. The number of rotatable bonds is 7. The van der Waals surface area contributed by atoms with Crippen LogP contribution in [0.1, 0.15) is 32.3 Å². The van der Waals surface area contributed by atoms with Gasteiger partial charge in [-0.05, 0) is 44.0 Å². The van der Waals surface area contributed by atoms with Crippen LogP contribution >= 0.6 is 0 Å². The van der Waals surface area contributed by atoms with Crippen LogP contribution in [-0.2, 0) is 5.54 Å². The van der Waals surface area contributed by atoms with Gasteiger partial charge in [-0.3, -0.25) is 0 Å². The molecular formula is C14H23NO2. The lowest BCUT2D eigenvalue weighted by Crippen LogP contribution is -2.40. The highest BCUT2D eigenvalue weighted by Crippen LogP contribution is 2.27. The van der Waals surface area contributed by atoms with E-state index in [-0.39, 0.29) is 12.1 Å². The zero-order chi connectivity index (χ0) is 12.7. The van der Waals surface area contributed by atoms with Crippen molar-refractivity contribution < 1.29 is 9.84 Å². The molecule has 0 aliphatic rings. The maximum atomic E-state index is 9.22. The van der Waals surface area contributed by atoms with E-state index in [9.17, 15) is 5.11 Å². The first-order valence-corrected chi connectivity index (χ1v) is 6.16. The molecule has 0 radical (unpaired) electrons. The topological polar surface area (TPSA) is 41.5 Å². The van der Waals surface area contributed by atoms with Crippen LogP contribution in [0.3, 0.4) is 0 Å². The van der Waals surface area contributed by atoms with Gasteiger partial charge >= 0.3 is 0 Å². The normalized spacial score (nSPS) is 14.4. The largest absolute Gasteiger partial charge is 0.497 e. The molecule has 1 rings (SSSR count). The van der Waals surface area contributed by atoms with Crippen molar-refractivity contribution in [3.05, 3.63) is 29.8 Å². The Kier molecular flexibility index (Phi) is 5.45. The van der Waals surface area contributed by atoms with Crippen molar-refractivity contribution >= 4 is 0 Å². The van der Waals surface area contributed by atoms with E-state index in [1.165, 1.54) is 0 Å². The number of ether oxygens (including phenoxy) is 1. The molecule has 0 bridgehead atoms. The SMILES string of the molecule is CCCNC(C)(CCO)c1cccc(OC)c1. The minimum Gasteiger partial charge on any atom is -0.497 e. The van der Waals surface area contributed by atoms with Crippen LogP contribution in [-0.4, -0.2) is 25.4 Å². The number of nitrogens with one attached hydrogen (secondary N) is 1. The van der Waals surface area contributed by atoms with Gasteiger partial charge in [-0.2, -0.15) is 0 Å². The highest BCUT2D eigenvalue weighted by Gasteiger charge is 2.25. The standard InChI is InChI=1S/C14H23NO2/c1-4-9-15-14(2,8-10-16)12-6-5-7-13(11-12)17-3/h5-7,11,15-16H,4,8-10H2,1-3H3. The van der Waals surface area contributed by atoms with Gasteiger partial charge in [0.15, 0.2) is 0 Å². The van der Waals surface area contributed by atoms with Crippen molar-refractivity contribution in [2.75, 3.05) is 20.3 Å². The van der Waals surface area contributed by atoms with Crippen molar-refractivity contribution in [3.63, 3.8) is 0 Å². The lowest BCUT2D eigenvalue weighted by molar-refractivity contribution is 0.221. The van der Waals surface area contributed by atoms with Crippen LogP contribution in [0.25, 0.3) is 0 Å². The number of methoxy groups -OCH3 is 1. The summed E-state index contributed by atoms with van der Waals surface area (Å²) in [4.78, 5) is 0. The zero-order valence-corrected chi connectivity index (χ0v) is 11.0. The fourth-order valence-electron chi connectivity index (χ4n) is 1.93. The molecule has 0 aromatic heterocycles. The van der Waals surface area contributed by atoms with Crippen LogP contribution in [0, 0.1) is 0 Å². The van der Waals surface area contributed by atoms with Crippen molar-refractivity contribution in [2.45, 2.75) is 32.2 Å². The van der Waals surface area contributed by atoms with Crippen molar-refractivity contribution in [1.82, 2.24) is 5.32 Å². The average Bonchev–Trinajstić information content (AvgIpc) is 2.37. The van der Waals surface area contributed by atoms with Crippen LogP contribution < -0.4 is 10.1 Å². The number of benzene rings is 1. The predicted octanol–water partition coefficient (Wildman–Crippen LogP) is 2.29. The zero-order valence-electron chi connectivity index (χ0n) is 11.0. The van der Waals surface area contributed by atoms with Crippen molar-refractivity contribution in [1.29, 1.82) is 0 Å². The fraction of sp³-hybridized carbons (Fsp3) is 0.571. The molecule has 1 unspecified atom stereocenters. The molecule has 0 saturated heterocycles. The second-order valence-corrected chi connectivity index (χ2v) is 4.46. The minimum absolute atomic E-state index is 0.171. The van der Waals surface area contributed by atoms with E-state index < -0.39 is 0 Å². The van der Waals surface area contributed by atoms with Crippen molar-refractivity contribution in [2.24, 2.45) is 0 Å². The molecule has 1 atom stereocenters. The van der Waals surface area contributed by atoms with E-state index in [4.69, 9.17) is 4.74 Å². The molecular weight excluding hydrogens is 214 g/mol. The Balaban J connectivity index is 2.94. The average molecular weight is 237 g/mol. The van der Waals surface area contributed by atoms with Gasteiger partial charge in [-0.25, -0.2) is 0 Å². The molecule has 2 N–H and O–H groups in total. The third kappa shape index (κ3) is 3.72. The Labute approximate surface area is 104 Å². The molecule has 1 aromatic carbocycles. The molecule has 0 spiro atoms. The maximum absolute atomic E-state index is 9.22. The quantitative estimate of drug-likeness (QED) is 0.764. The lowest BCUT2D eigenvalue weighted by atomic mass is 9.88. The van der Waals surface area contributed by atoms with Crippen LogP contribution in [0.5, 0.6) is 5.75 Å². The molecule has 0 amide bonds. The molecule has 17 heavy (non-hydrogen) atoms. The monoisotopic (exact) mass is 237 g/mol. The summed E-state index contributed by atoms with van der Waals surface area (Å²) in [6.45, 7) is 5.36. The second kappa shape index (κ2) is 6.62. The second-order valence-electron chi connectivity index (χ2n) is 4.46. The Morgan fingerprint density at radius 3 is 2.76 bits per heavy atom. The van der Waals surface area contributed by atoms with Gasteiger partial charge in [0.1, 0.15) is 5.75 Å². The van der Waals surface area contributed by atoms with Crippen LogP contribution in [0.2, 0.25) is 0 Å². The first kappa shape index (κ1) is 14.0. The molecule has 0 aliphatic carbocycles. The van der Waals surface area contributed by atoms with Gasteiger partial charge in [0, 0.05) is 12.1 Å². The molecule has 0 saturated carbocycles. The fourth-order valence-corrected chi connectivity index (χ4v) is 1.93. The molecule has 96 valence electrons. The van der Waals surface area contributed by atoms with Crippen molar-refractivity contribution in [3.8, 4) is 5.75 Å². The number of aliphatic hydroxyl groups excluding tert-OH is 1. The van der Waals surface area contributed by atoms with Gasteiger partial charge in [-0.1, -0.05) is 19.1 Å². The number of hydrogen-bond donors (Lipinski definition) is 2. The molecule has 3 heteroatoms. The third-order valence-corrected chi connectivity index (χ3v) is 3.08. The van der Waals surface area contributed by atoms with Gasteiger partial charge < -0.3 is 15.2 Å². The Morgan fingerprint density at radius 1 is 1.41 bits per heavy atom. The van der Waals surface area contributed by atoms with E-state index in [0.717, 1.165) is 24.3 Å². The van der Waals surface area contributed by atoms with Gasteiger partial charge in [0.2, 0.25) is 0 Å². The summed E-state index contributed by atoms with van der Waals surface area (Å²) in [5.41, 5.74) is 0.957. The Bertz CT molecular complexity index is 341. The van der Waals surface area contributed by atoms with E-state index in [2.05, 4.69) is 25.2 Å². The van der Waals surface area contributed by atoms with E-state index in [1.807, 2.05) is 18.2 Å². The minimum atomic E-state index is -0.195. The molecule has 0 fully saturated rings. The maximum Gasteiger partial charge on any atom is 0.119 e. The third-order valence-electron chi connectivity index (χ3n) is 3.08. The Morgan fingerprint density at radius 2 is 2.18 bits per heavy atom. The van der Waals surface area contributed by atoms with E-state index in [1.54, 1.807) is 7.11 Å². The number of hydrogen-bond acceptors (Lipinski definition) is 3. The number of aliphatic hydroxyl groups is 1. The van der Waals surface area contributed by atoms with Gasteiger partial charge in [0.05, 0.1) is 7.11 Å². The van der Waals surface area contributed by atoms with Gasteiger partial charge in [-0.15, -0.1) is 0 Å². The summed E-state index contributed by atoms with van der Waals surface area (Å²) in [5.74, 6) is 0.852. The van der Waals surface area contributed by atoms with Crippen LogP contribution in [0.4, 0.5) is 0 Å². The predicted molar refractivity (Wildman–Crippen MR) is 70.3 cm³/mol. The highest BCUT2D eigenvalue weighted by molar-refractivity contribution is 5.33. The molecule has 3 nitrogen and oxygen atoms in total. The summed E-state index contributed by atoms with van der Waals surface area (Å²) in [7, 11) is 1.67. The van der Waals surface area contributed by atoms with E-state index >= 15 is 0 Å². The summed E-state index contributed by atoms with van der Waals surface area (Å²) in [6, 6.07) is 8.01. The van der Waals surface area contributed by atoms with Gasteiger partial charge in [0.25, 0.3) is 0 Å². The summed E-state index contributed by atoms with van der Waals surface area (Å²) in [5, 5.41) is 12.7. The first-order chi connectivity index (χ1) is 8.16. The van der Waals surface area contributed by atoms with Crippen LogP contribution in [0.15, 0.2) is 24.3 Å². The molecule has 0 heterocycles.